The largest absolute Gasteiger partial charge is 0.452 e. The molecule has 0 radical (unpaired) electrons. The van der Waals surface area contributed by atoms with Gasteiger partial charge in [0.15, 0.2) is 5.69 Å². The lowest BCUT2D eigenvalue weighted by Gasteiger charge is -2.20. The van der Waals surface area contributed by atoms with Gasteiger partial charge in [0.25, 0.3) is 11.8 Å². The molecule has 1 fully saturated rings. The Morgan fingerprint density at radius 1 is 1.21 bits per heavy atom. The average molecular weight is 511 g/mol. The molecule has 2 heterocycles. The fraction of sp³-hybridized carbons (Fsp3) is 0.476. The van der Waals surface area contributed by atoms with Crippen LogP contribution in [0.4, 0.5) is 22.0 Å². The Hall–Kier alpha value is -2.73. The normalized spacial score (nSPS) is 16.1. The number of halogens is 6. The minimum absolute atomic E-state index is 0. The van der Waals surface area contributed by atoms with Gasteiger partial charge in [0.2, 0.25) is 17.6 Å². The number of benzene rings is 1. The van der Waals surface area contributed by atoms with E-state index >= 15 is 0 Å². The van der Waals surface area contributed by atoms with Crippen molar-refractivity contribution >= 4 is 24.2 Å². The summed E-state index contributed by atoms with van der Waals surface area (Å²) in [5, 5.41) is 2.35. The minimum Gasteiger partial charge on any atom is -0.431 e. The Kier molecular flexibility index (Phi) is 9.01. The van der Waals surface area contributed by atoms with Gasteiger partial charge in [-0.3, -0.25) is 9.59 Å². The first-order valence-electron chi connectivity index (χ1n) is 10.3. The van der Waals surface area contributed by atoms with Gasteiger partial charge in [0.1, 0.15) is 0 Å². The summed E-state index contributed by atoms with van der Waals surface area (Å²) in [5.74, 6) is -6.34. The number of alkyl halides is 5. The Bertz CT molecular complexity index is 985. The third-order valence-corrected chi connectivity index (χ3v) is 5.15. The van der Waals surface area contributed by atoms with Crippen LogP contribution in [-0.4, -0.2) is 53.3 Å². The fourth-order valence-corrected chi connectivity index (χ4v) is 3.43. The first-order chi connectivity index (χ1) is 15.5. The molecule has 3 rings (SSSR count). The van der Waals surface area contributed by atoms with Crippen LogP contribution in [0.3, 0.4) is 0 Å². The lowest BCUT2D eigenvalue weighted by atomic mass is 10.1. The molecule has 1 aliphatic heterocycles. The van der Waals surface area contributed by atoms with Crippen LogP contribution in [0.1, 0.15) is 41.9 Å². The standard InChI is InChI=1S/C21H23F5N4O3.ClH/c22-20(23)9-11-30(12-20)19(32)14(27)8-4-5-10-28-17(31)15-16(21(24,25)26)33-18(29-15)13-6-2-1-3-7-13;/h1-3,6-7,14H,4-5,8-12,27H2,(H,28,31);1H. The van der Waals surface area contributed by atoms with E-state index in [-0.39, 0.29) is 43.4 Å². The van der Waals surface area contributed by atoms with E-state index in [4.69, 9.17) is 10.2 Å². The number of aromatic nitrogens is 1. The Morgan fingerprint density at radius 3 is 2.47 bits per heavy atom. The second-order valence-electron chi connectivity index (χ2n) is 7.78. The molecule has 0 spiro atoms. The number of rotatable bonds is 8. The van der Waals surface area contributed by atoms with Crippen LogP contribution < -0.4 is 11.1 Å². The van der Waals surface area contributed by atoms with Crippen molar-refractivity contribution in [3.05, 3.63) is 41.8 Å². The summed E-state index contributed by atoms with van der Waals surface area (Å²) in [7, 11) is 0. The van der Waals surface area contributed by atoms with E-state index in [0.717, 1.165) is 4.90 Å². The quantitative estimate of drug-likeness (QED) is 0.414. The molecular formula is C21H24ClF5N4O3. The molecule has 1 aromatic heterocycles. The molecule has 1 aliphatic rings. The summed E-state index contributed by atoms with van der Waals surface area (Å²) >= 11 is 0. The fourth-order valence-electron chi connectivity index (χ4n) is 3.43. The minimum atomic E-state index is -4.91. The number of unbranched alkanes of at least 4 members (excludes halogenated alkanes) is 1. The maximum absolute atomic E-state index is 13.3. The zero-order valence-electron chi connectivity index (χ0n) is 17.9. The molecule has 1 saturated heterocycles. The number of likely N-dealkylation sites (tertiary alicyclic amines) is 1. The Balaban J connectivity index is 0.00000408. The van der Waals surface area contributed by atoms with E-state index in [0.29, 0.717) is 12.8 Å². The summed E-state index contributed by atoms with van der Waals surface area (Å²) in [6.45, 7) is -0.702. The molecule has 0 aliphatic carbocycles. The van der Waals surface area contributed by atoms with E-state index in [1.807, 2.05) is 0 Å². The van der Waals surface area contributed by atoms with Crippen molar-refractivity contribution in [1.29, 1.82) is 0 Å². The van der Waals surface area contributed by atoms with Gasteiger partial charge in [-0.1, -0.05) is 18.2 Å². The molecule has 13 heteroatoms. The average Bonchev–Trinajstić information content (AvgIpc) is 3.37. The third kappa shape index (κ3) is 6.89. The van der Waals surface area contributed by atoms with Crippen LogP contribution in [-0.2, 0) is 11.0 Å². The second-order valence-corrected chi connectivity index (χ2v) is 7.78. The van der Waals surface area contributed by atoms with Gasteiger partial charge < -0.3 is 20.4 Å². The van der Waals surface area contributed by atoms with Crippen LogP contribution in [0.5, 0.6) is 0 Å². The monoisotopic (exact) mass is 510 g/mol. The first-order valence-corrected chi connectivity index (χ1v) is 10.3. The van der Waals surface area contributed by atoms with Crippen molar-refractivity contribution < 1.29 is 36.0 Å². The summed E-state index contributed by atoms with van der Waals surface area (Å²) in [5.41, 5.74) is 5.19. The molecule has 2 amide bonds. The summed E-state index contributed by atoms with van der Waals surface area (Å²) in [4.78, 5) is 29.2. The van der Waals surface area contributed by atoms with Crippen LogP contribution in [0.15, 0.2) is 34.7 Å². The molecule has 1 aromatic carbocycles. The summed E-state index contributed by atoms with van der Waals surface area (Å²) in [6.07, 6.45) is -4.45. The van der Waals surface area contributed by atoms with Gasteiger partial charge in [0, 0.05) is 25.1 Å². The SMILES string of the molecule is Cl.NC(CCCCNC(=O)c1nc(-c2ccccc2)oc1C(F)(F)F)C(=O)N1CCC(F)(F)C1. The number of carbonyl (C=O) groups is 2. The van der Waals surface area contributed by atoms with E-state index in [1.165, 1.54) is 12.1 Å². The molecule has 1 atom stereocenters. The maximum atomic E-state index is 13.3. The molecule has 2 aromatic rings. The highest BCUT2D eigenvalue weighted by molar-refractivity contribution is 5.94. The van der Waals surface area contributed by atoms with Gasteiger partial charge in [-0.25, -0.2) is 13.8 Å². The Morgan fingerprint density at radius 2 is 1.88 bits per heavy atom. The van der Waals surface area contributed by atoms with Crippen molar-refractivity contribution in [2.45, 2.75) is 43.8 Å². The number of nitrogens with one attached hydrogen (secondary N) is 1. The highest BCUT2D eigenvalue weighted by Gasteiger charge is 2.42. The molecule has 1 unspecified atom stereocenters. The van der Waals surface area contributed by atoms with Crippen LogP contribution in [0, 0.1) is 0 Å². The zero-order chi connectivity index (χ0) is 24.2. The highest BCUT2D eigenvalue weighted by atomic mass is 35.5. The number of amides is 2. The molecule has 7 nitrogen and oxygen atoms in total. The smallest absolute Gasteiger partial charge is 0.431 e. The van der Waals surface area contributed by atoms with Crippen LogP contribution in [0.2, 0.25) is 0 Å². The van der Waals surface area contributed by atoms with Crippen molar-refractivity contribution in [3.8, 4) is 11.5 Å². The maximum Gasteiger partial charge on any atom is 0.452 e. The second kappa shape index (κ2) is 11.1. The topological polar surface area (TPSA) is 101 Å². The van der Waals surface area contributed by atoms with Crippen molar-refractivity contribution in [2.24, 2.45) is 5.73 Å². The number of oxazole rings is 1. The number of hydrogen-bond donors (Lipinski definition) is 2. The van der Waals surface area contributed by atoms with E-state index in [9.17, 15) is 31.5 Å². The van der Waals surface area contributed by atoms with Gasteiger partial charge in [-0.15, -0.1) is 12.4 Å². The molecule has 0 bridgehead atoms. The molecule has 34 heavy (non-hydrogen) atoms. The van der Waals surface area contributed by atoms with E-state index < -0.39 is 54.4 Å². The van der Waals surface area contributed by atoms with Crippen molar-refractivity contribution in [1.82, 2.24) is 15.2 Å². The molecule has 188 valence electrons. The number of carbonyl (C=O) groups excluding carboxylic acids is 2. The number of nitrogens with two attached hydrogens (primary N) is 1. The predicted octanol–water partition coefficient (Wildman–Crippen LogP) is 3.88. The molecule has 3 N–H and O–H groups in total. The third-order valence-electron chi connectivity index (χ3n) is 5.15. The van der Waals surface area contributed by atoms with Crippen molar-refractivity contribution in [3.63, 3.8) is 0 Å². The number of hydrogen-bond acceptors (Lipinski definition) is 5. The first kappa shape index (κ1) is 27.5. The van der Waals surface area contributed by atoms with E-state index in [1.54, 1.807) is 18.2 Å². The van der Waals surface area contributed by atoms with Gasteiger partial charge >= 0.3 is 6.18 Å². The van der Waals surface area contributed by atoms with Gasteiger partial charge in [-0.05, 0) is 31.4 Å². The molecule has 0 saturated carbocycles. The molecular weight excluding hydrogens is 487 g/mol. The van der Waals surface area contributed by atoms with Gasteiger partial charge in [-0.2, -0.15) is 13.2 Å². The zero-order valence-corrected chi connectivity index (χ0v) is 18.7. The Labute approximate surface area is 198 Å². The van der Waals surface area contributed by atoms with Crippen molar-refractivity contribution in [2.75, 3.05) is 19.6 Å². The van der Waals surface area contributed by atoms with Crippen LogP contribution >= 0.6 is 12.4 Å². The van der Waals surface area contributed by atoms with Crippen LogP contribution in [0.25, 0.3) is 11.5 Å². The summed E-state index contributed by atoms with van der Waals surface area (Å²) in [6, 6.07) is 6.90. The van der Waals surface area contributed by atoms with Gasteiger partial charge in [0.05, 0.1) is 12.6 Å². The predicted molar refractivity (Wildman–Crippen MR) is 114 cm³/mol. The lowest BCUT2D eigenvalue weighted by Crippen LogP contribution is -2.43. The highest BCUT2D eigenvalue weighted by Crippen LogP contribution is 2.35. The number of nitrogens with zero attached hydrogens (tertiary/aromatic N) is 2. The van der Waals surface area contributed by atoms with E-state index in [2.05, 4.69) is 10.3 Å². The lowest BCUT2D eigenvalue weighted by molar-refractivity contribution is -0.153. The summed E-state index contributed by atoms with van der Waals surface area (Å²) < 4.78 is 71.2.